The number of hydrogen-bond acceptors (Lipinski definition) is 4. The molecule has 0 bridgehead atoms. The molecule has 1 amide bonds. The molecule has 19 heavy (non-hydrogen) atoms. The number of nitrogens with two attached hydrogens (primary N) is 1. The van der Waals surface area contributed by atoms with Crippen molar-refractivity contribution in [3.63, 3.8) is 0 Å². The first kappa shape index (κ1) is 13.8. The lowest BCUT2D eigenvalue weighted by molar-refractivity contribution is 0.1000. The van der Waals surface area contributed by atoms with E-state index in [2.05, 4.69) is 22.1 Å². The largest absolute Gasteiger partial charge is 0.365 e. The van der Waals surface area contributed by atoms with E-state index in [0.29, 0.717) is 11.6 Å². The lowest BCUT2D eigenvalue weighted by atomic mass is 10.1. The van der Waals surface area contributed by atoms with Crippen molar-refractivity contribution >= 4 is 11.7 Å². The van der Waals surface area contributed by atoms with Crippen LogP contribution in [0.4, 0.5) is 5.82 Å². The second kappa shape index (κ2) is 5.57. The summed E-state index contributed by atoms with van der Waals surface area (Å²) in [5.74, 6) is 0.339. The Labute approximate surface area is 114 Å². The van der Waals surface area contributed by atoms with Crippen LogP contribution in [-0.2, 0) is 0 Å². The van der Waals surface area contributed by atoms with Crippen molar-refractivity contribution in [3.05, 3.63) is 22.9 Å². The lowest BCUT2D eigenvalue weighted by Gasteiger charge is -2.30. The molecule has 0 saturated carbocycles. The van der Waals surface area contributed by atoms with Gasteiger partial charge < -0.3 is 16.0 Å². The highest BCUT2D eigenvalue weighted by Gasteiger charge is 2.26. The van der Waals surface area contributed by atoms with Crippen LogP contribution >= 0.6 is 0 Å². The van der Waals surface area contributed by atoms with Gasteiger partial charge in [-0.2, -0.15) is 0 Å². The predicted molar refractivity (Wildman–Crippen MR) is 76.5 cm³/mol. The molecule has 1 aromatic rings. The third-order valence-electron chi connectivity index (χ3n) is 3.66. The van der Waals surface area contributed by atoms with E-state index < -0.39 is 5.91 Å². The third kappa shape index (κ3) is 2.71. The molecule has 1 saturated heterocycles. The van der Waals surface area contributed by atoms with Gasteiger partial charge in [-0.3, -0.25) is 4.79 Å². The highest BCUT2D eigenvalue weighted by Crippen LogP contribution is 2.25. The molecule has 0 aliphatic carbocycles. The summed E-state index contributed by atoms with van der Waals surface area (Å²) in [6.07, 6.45) is 1.07. The van der Waals surface area contributed by atoms with Gasteiger partial charge >= 0.3 is 0 Å². The Morgan fingerprint density at radius 3 is 2.84 bits per heavy atom. The highest BCUT2D eigenvalue weighted by molar-refractivity contribution is 5.99. The maximum atomic E-state index is 11.7. The van der Waals surface area contributed by atoms with Crippen molar-refractivity contribution in [1.82, 2.24) is 10.3 Å². The van der Waals surface area contributed by atoms with Crippen LogP contribution in [0.15, 0.2) is 6.07 Å². The fraction of sp³-hybridized carbons (Fsp3) is 0.571. The summed E-state index contributed by atoms with van der Waals surface area (Å²) in [7, 11) is 0. The van der Waals surface area contributed by atoms with Crippen LogP contribution in [0.25, 0.3) is 0 Å². The van der Waals surface area contributed by atoms with Gasteiger partial charge in [0.25, 0.3) is 5.91 Å². The molecular formula is C14H22N4O. The van der Waals surface area contributed by atoms with Gasteiger partial charge in [0.2, 0.25) is 0 Å². The zero-order valence-corrected chi connectivity index (χ0v) is 11.9. The van der Waals surface area contributed by atoms with E-state index in [9.17, 15) is 4.79 Å². The van der Waals surface area contributed by atoms with Crippen molar-refractivity contribution < 1.29 is 4.79 Å². The molecule has 0 aromatic carbocycles. The Hall–Kier alpha value is -1.62. The van der Waals surface area contributed by atoms with Gasteiger partial charge in [0.15, 0.2) is 0 Å². The smallest absolute Gasteiger partial charge is 0.252 e. The average Bonchev–Trinajstić information content (AvgIpc) is 2.82. The molecule has 5 nitrogen and oxygen atoms in total. The third-order valence-corrected chi connectivity index (χ3v) is 3.66. The standard InChI is InChI=1S/C14H22N4O/c1-4-18(11-5-6-16-8-11)14-12(13(15)19)9(2)7-10(3)17-14/h7,11,16H,4-6,8H2,1-3H3,(H2,15,19). The van der Waals surface area contributed by atoms with E-state index in [1.165, 1.54) is 0 Å². The number of nitrogens with one attached hydrogen (secondary N) is 1. The van der Waals surface area contributed by atoms with Gasteiger partial charge in [-0.15, -0.1) is 0 Å². The molecule has 104 valence electrons. The van der Waals surface area contributed by atoms with Crippen LogP contribution in [-0.4, -0.2) is 36.6 Å². The Morgan fingerprint density at radius 2 is 2.32 bits per heavy atom. The molecule has 1 aromatic heterocycles. The number of carbonyl (C=O) groups is 1. The molecule has 1 atom stereocenters. The number of hydrogen-bond donors (Lipinski definition) is 2. The number of nitrogens with zero attached hydrogens (tertiary/aromatic N) is 2. The zero-order valence-electron chi connectivity index (χ0n) is 11.9. The number of anilines is 1. The minimum Gasteiger partial charge on any atom is -0.365 e. The quantitative estimate of drug-likeness (QED) is 0.848. The van der Waals surface area contributed by atoms with Crippen LogP contribution in [0.2, 0.25) is 0 Å². The Balaban J connectivity index is 2.48. The summed E-state index contributed by atoms with van der Waals surface area (Å²) in [5, 5.41) is 3.35. The predicted octanol–water partition coefficient (Wildman–Crippen LogP) is 0.986. The van der Waals surface area contributed by atoms with E-state index in [1.54, 1.807) is 0 Å². The fourth-order valence-corrected chi connectivity index (χ4v) is 2.82. The van der Waals surface area contributed by atoms with Crippen molar-refractivity contribution in [2.45, 2.75) is 33.2 Å². The normalized spacial score (nSPS) is 18.6. The van der Waals surface area contributed by atoms with Crippen molar-refractivity contribution in [1.29, 1.82) is 0 Å². The second-order valence-corrected chi connectivity index (χ2v) is 5.08. The van der Waals surface area contributed by atoms with Crippen LogP contribution < -0.4 is 16.0 Å². The van der Waals surface area contributed by atoms with E-state index in [0.717, 1.165) is 43.1 Å². The van der Waals surface area contributed by atoms with E-state index >= 15 is 0 Å². The first-order valence-corrected chi connectivity index (χ1v) is 6.80. The summed E-state index contributed by atoms with van der Waals surface area (Å²) in [4.78, 5) is 18.5. The monoisotopic (exact) mass is 262 g/mol. The summed E-state index contributed by atoms with van der Waals surface area (Å²) in [5.41, 5.74) is 7.91. The number of likely N-dealkylation sites (N-methyl/N-ethyl adjacent to an activating group) is 1. The fourth-order valence-electron chi connectivity index (χ4n) is 2.82. The van der Waals surface area contributed by atoms with E-state index in [-0.39, 0.29) is 0 Å². The van der Waals surface area contributed by atoms with Crippen molar-refractivity contribution in [2.75, 3.05) is 24.5 Å². The Bertz CT molecular complexity index is 481. The summed E-state index contributed by atoms with van der Waals surface area (Å²) in [6, 6.07) is 2.29. The van der Waals surface area contributed by atoms with Gasteiger partial charge in [-0.05, 0) is 45.4 Å². The van der Waals surface area contributed by atoms with Crippen LogP contribution in [0.1, 0.15) is 35.0 Å². The van der Waals surface area contributed by atoms with E-state index in [1.807, 2.05) is 19.9 Å². The maximum absolute atomic E-state index is 11.7. The number of aryl methyl sites for hydroxylation is 2. The molecule has 2 rings (SSSR count). The first-order chi connectivity index (χ1) is 9.04. The molecule has 1 unspecified atom stereocenters. The molecule has 1 aliphatic rings. The van der Waals surface area contributed by atoms with Crippen LogP contribution in [0, 0.1) is 13.8 Å². The molecule has 0 spiro atoms. The molecule has 2 heterocycles. The lowest BCUT2D eigenvalue weighted by Crippen LogP contribution is -2.39. The number of primary amides is 1. The highest BCUT2D eigenvalue weighted by atomic mass is 16.1. The van der Waals surface area contributed by atoms with Gasteiger partial charge in [-0.1, -0.05) is 0 Å². The number of pyridine rings is 1. The van der Waals surface area contributed by atoms with Crippen LogP contribution in [0.5, 0.6) is 0 Å². The summed E-state index contributed by atoms with van der Waals surface area (Å²) < 4.78 is 0. The Kier molecular flexibility index (Phi) is 4.04. The van der Waals surface area contributed by atoms with Crippen molar-refractivity contribution in [3.8, 4) is 0 Å². The molecule has 1 aliphatic heterocycles. The number of rotatable bonds is 4. The molecular weight excluding hydrogens is 240 g/mol. The summed E-state index contributed by atoms with van der Waals surface area (Å²) >= 11 is 0. The van der Waals surface area contributed by atoms with Gasteiger partial charge in [0, 0.05) is 24.8 Å². The SMILES string of the molecule is CCN(c1nc(C)cc(C)c1C(N)=O)C1CCNC1. The topological polar surface area (TPSA) is 71.2 Å². The van der Waals surface area contributed by atoms with Gasteiger partial charge in [0.05, 0.1) is 5.56 Å². The van der Waals surface area contributed by atoms with Gasteiger partial charge in [-0.25, -0.2) is 4.98 Å². The number of aromatic nitrogens is 1. The second-order valence-electron chi connectivity index (χ2n) is 5.08. The van der Waals surface area contributed by atoms with E-state index in [4.69, 9.17) is 5.73 Å². The minimum absolute atomic E-state index is 0.386. The first-order valence-electron chi connectivity index (χ1n) is 6.80. The van der Waals surface area contributed by atoms with Crippen molar-refractivity contribution in [2.24, 2.45) is 5.73 Å². The van der Waals surface area contributed by atoms with Crippen LogP contribution in [0.3, 0.4) is 0 Å². The molecule has 0 radical (unpaired) electrons. The Morgan fingerprint density at radius 1 is 1.58 bits per heavy atom. The minimum atomic E-state index is -0.399. The summed E-state index contributed by atoms with van der Waals surface area (Å²) in [6.45, 7) is 8.71. The molecule has 5 heteroatoms. The zero-order chi connectivity index (χ0) is 14.0. The number of amides is 1. The van der Waals surface area contributed by atoms with Gasteiger partial charge in [0.1, 0.15) is 5.82 Å². The number of carbonyl (C=O) groups excluding carboxylic acids is 1. The molecule has 3 N–H and O–H groups in total. The maximum Gasteiger partial charge on any atom is 0.252 e. The average molecular weight is 262 g/mol. The molecule has 1 fully saturated rings.